The average Bonchev–Trinajstić information content (AvgIpc) is 2.85. The number of rotatable bonds is 22. The normalized spacial score (nSPS) is 10.9. The summed E-state index contributed by atoms with van der Waals surface area (Å²) in [5.41, 5.74) is 1.27. The number of ether oxygens (including phenoxy) is 3. The fourth-order valence-electron chi connectivity index (χ4n) is 3.15. The van der Waals surface area contributed by atoms with Crippen LogP contribution in [0.1, 0.15) is 62.7 Å². The van der Waals surface area contributed by atoms with Crippen LogP contribution in [0.4, 0.5) is 5.69 Å². The number of hydrogen-bond donors (Lipinski definition) is 2. The molecule has 1 aromatic carbocycles. The molecule has 0 heterocycles. The van der Waals surface area contributed by atoms with Crippen LogP contribution in [0, 0.1) is 0 Å². The summed E-state index contributed by atoms with van der Waals surface area (Å²) in [6, 6.07) is 5.51. The molecule has 7 nitrogen and oxygen atoms in total. The lowest BCUT2D eigenvalue weighted by Crippen LogP contribution is -2.25. The third-order valence-electron chi connectivity index (χ3n) is 4.93. The number of nitrogens with one attached hydrogen (secondary N) is 2. The van der Waals surface area contributed by atoms with Crippen LogP contribution in [-0.4, -0.2) is 75.8 Å². The minimum Gasteiger partial charge on any atom is -0.382 e. The van der Waals surface area contributed by atoms with Gasteiger partial charge in [0, 0.05) is 63.1 Å². The number of hydrogen-bond acceptors (Lipinski definition) is 7. The second-order valence-corrected chi connectivity index (χ2v) is 10.2. The monoisotopic (exact) mass is 528 g/mol. The third kappa shape index (κ3) is 16.2. The summed E-state index contributed by atoms with van der Waals surface area (Å²) >= 11 is 3.42. The van der Waals surface area contributed by atoms with Crippen molar-refractivity contribution in [2.45, 2.75) is 57.3 Å². The Morgan fingerprint density at radius 2 is 1.57 bits per heavy atom. The van der Waals surface area contributed by atoms with E-state index in [0.717, 1.165) is 68.3 Å². The first kappa shape index (κ1) is 31.8. The van der Waals surface area contributed by atoms with E-state index in [1.165, 1.54) is 0 Å². The predicted molar refractivity (Wildman–Crippen MR) is 148 cm³/mol. The lowest BCUT2D eigenvalue weighted by Gasteiger charge is -2.13. The summed E-state index contributed by atoms with van der Waals surface area (Å²) in [5, 5.41) is 5.95. The van der Waals surface area contributed by atoms with Crippen molar-refractivity contribution in [2.24, 2.45) is 0 Å². The molecule has 0 bridgehead atoms. The summed E-state index contributed by atoms with van der Waals surface area (Å²) < 4.78 is 16.4. The second kappa shape index (κ2) is 22.0. The van der Waals surface area contributed by atoms with Gasteiger partial charge in [0.05, 0.1) is 5.69 Å². The van der Waals surface area contributed by atoms with Gasteiger partial charge in [0.15, 0.2) is 0 Å². The fraction of sp³-hybridized carbons (Fsp3) is 0.692. The summed E-state index contributed by atoms with van der Waals surface area (Å²) in [6.45, 7) is 8.93. The molecule has 0 atom stereocenters. The molecule has 1 aromatic rings. The first-order valence-corrected chi connectivity index (χ1v) is 15.1. The molecule has 2 amide bonds. The van der Waals surface area contributed by atoms with E-state index >= 15 is 0 Å². The first-order valence-electron chi connectivity index (χ1n) is 12.7. The highest BCUT2D eigenvalue weighted by Gasteiger charge is 2.12. The van der Waals surface area contributed by atoms with E-state index in [-0.39, 0.29) is 11.8 Å². The Balaban J connectivity index is 2.28. The van der Waals surface area contributed by atoms with E-state index in [1.807, 2.05) is 19.1 Å². The topological polar surface area (TPSA) is 85.9 Å². The van der Waals surface area contributed by atoms with Gasteiger partial charge in [-0.05, 0) is 75.0 Å². The highest BCUT2D eigenvalue weighted by molar-refractivity contribution is 7.99. The Morgan fingerprint density at radius 1 is 0.886 bits per heavy atom. The van der Waals surface area contributed by atoms with Gasteiger partial charge in [0.1, 0.15) is 0 Å². The van der Waals surface area contributed by atoms with E-state index in [1.54, 1.807) is 29.6 Å². The number of carbonyl (C=O) groups excluding carboxylic acids is 2. The van der Waals surface area contributed by atoms with Gasteiger partial charge in [0.2, 0.25) is 5.91 Å². The van der Waals surface area contributed by atoms with Crippen molar-refractivity contribution >= 4 is 41.0 Å². The molecule has 0 saturated heterocycles. The molecule has 0 unspecified atom stereocenters. The molecule has 200 valence electrons. The van der Waals surface area contributed by atoms with Crippen molar-refractivity contribution < 1.29 is 23.8 Å². The lowest BCUT2D eigenvalue weighted by atomic mass is 10.1. The molecular weight excluding hydrogens is 484 g/mol. The summed E-state index contributed by atoms with van der Waals surface area (Å²) in [7, 11) is 0. The number of amides is 2. The first-order chi connectivity index (χ1) is 17.1. The highest BCUT2D eigenvalue weighted by Crippen LogP contribution is 2.28. The largest absolute Gasteiger partial charge is 0.382 e. The zero-order chi connectivity index (χ0) is 25.6. The molecule has 0 aliphatic heterocycles. The van der Waals surface area contributed by atoms with E-state index in [4.69, 9.17) is 14.2 Å². The van der Waals surface area contributed by atoms with Crippen molar-refractivity contribution in [2.75, 3.05) is 69.3 Å². The predicted octanol–water partition coefficient (Wildman–Crippen LogP) is 5.24. The SMILES string of the molecule is CCOCCCOCCCOCCCCC(=O)Nc1cc(C(=O)NCCCSC)ccc1SCC. The van der Waals surface area contributed by atoms with Crippen molar-refractivity contribution in [3.05, 3.63) is 23.8 Å². The molecule has 0 aromatic heterocycles. The Bertz CT molecular complexity index is 706. The highest BCUT2D eigenvalue weighted by atomic mass is 32.2. The van der Waals surface area contributed by atoms with Gasteiger partial charge < -0.3 is 24.8 Å². The molecule has 0 saturated carbocycles. The molecule has 0 fully saturated rings. The van der Waals surface area contributed by atoms with Gasteiger partial charge in [-0.1, -0.05) is 6.92 Å². The maximum absolute atomic E-state index is 12.5. The van der Waals surface area contributed by atoms with E-state index in [9.17, 15) is 9.59 Å². The average molecular weight is 529 g/mol. The van der Waals surface area contributed by atoms with Gasteiger partial charge in [-0.2, -0.15) is 11.8 Å². The smallest absolute Gasteiger partial charge is 0.251 e. The zero-order valence-electron chi connectivity index (χ0n) is 21.7. The molecule has 1 rings (SSSR count). The number of thioether (sulfide) groups is 2. The van der Waals surface area contributed by atoms with Gasteiger partial charge in [-0.15, -0.1) is 11.8 Å². The summed E-state index contributed by atoms with van der Waals surface area (Å²) in [6.07, 6.45) is 6.79. The van der Waals surface area contributed by atoms with Crippen LogP contribution in [0.5, 0.6) is 0 Å². The molecule has 0 spiro atoms. The number of benzene rings is 1. The molecule has 0 radical (unpaired) electrons. The van der Waals surface area contributed by atoms with Crippen LogP contribution >= 0.6 is 23.5 Å². The van der Waals surface area contributed by atoms with Crippen molar-refractivity contribution in [3.63, 3.8) is 0 Å². The molecule has 0 aliphatic carbocycles. The van der Waals surface area contributed by atoms with E-state index < -0.39 is 0 Å². The number of unbranched alkanes of at least 4 members (excludes halogenated alkanes) is 1. The Kier molecular flexibility index (Phi) is 19.9. The van der Waals surface area contributed by atoms with Crippen LogP contribution < -0.4 is 10.6 Å². The van der Waals surface area contributed by atoms with E-state index in [0.29, 0.717) is 44.0 Å². The Labute approximate surface area is 220 Å². The molecule has 0 aliphatic rings. The van der Waals surface area contributed by atoms with Crippen LogP contribution in [-0.2, 0) is 19.0 Å². The number of anilines is 1. The maximum Gasteiger partial charge on any atom is 0.251 e. The Hall–Kier alpha value is -1.26. The van der Waals surface area contributed by atoms with Gasteiger partial charge >= 0.3 is 0 Å². The van der Waals surface area contributed by atoms with Gasteiger partial charge in [-0.25, -0.2) is 0 Å². The van der Waals surface area contributed by atoms with Crippen LogP contribution in [0.2, 0.25) is 0 Å². The summed E-state index contributed by atoms with van der Waals surface area (Å²) in [4.78, 5) is 25.9. The summed E-state index contributed by atoms with van der Waals surface area (Å²) in [5.74, 6) is 1.75. The maximum atomic E-state index is 12.5. The van der Waals surface area contributed by atoms with Gasteiger partial charge in [0.25, 0.3) is 5.91 Å². The minimum atomic E-state index is -0.109. The lowest BCUT2D eigenvalue weighted by molar-refractivity contribution is -0.116. The van der Waals surface area contributed by atoms with Gasteiger partial charge in [-0.3, -0.25) is 9.59 Å². The standard InChI is InChI=1S/C26H44N2O5S2/c1-4-31-16-9-17-33-19-10-18-32-15-7-6-11-25(29)28-23-21-22(12-13-24(23)35-5-2)26(30)27-14-8-20-34-3/h12-13,21H,4-11,14-20H2,1-3H3,(H,27,30)(H,28,29). The van der Waals surface area contributed by atoms with Crippen LogP contribution in [0.3, 0.4) is 0 Å². The zero-order valence-corrected chi connectivity index (χ0v) is 23.3. The number of carbonyl (C=O) groups is 2. The molecule has 9 heteroatoms. The molecule has 2 N–H and O–H groups in total. The van der Waals surface area contributed by atoms with Crippen molar-refractivity contribution in [3.8, 4) is 0 Å². The van der Waals surface area contributed by atoms with Crippen molar-refractivity contribution in [1.29, 1.82) is 0 Å². The van der Waals surface area contributed by atoms with Crippen molar-refractivity contribution in [1.82, 2.24) is 5.32 Å². The minimum absolute atomic E-state index is 0.0408. The van der Waals surface area contributed by atoms with Crippen LogP contribution in [0.15, 0.2) is 23.1 Å². The van der Waals surface area contributed by atoms with E-state index in [2.05, 4.69) is 23.8 Å². The fourth-order valence-corrected chi connectivity index (χ4v) is 4.32. The molecule has 35 heavy (non-hydrogen) atoms. The molecular formula is C26H44N2O5S2. The third-order valence-corrected chi connectivity index (χ3v) is 6.58. The Morgan fingerprint density at radius 3 is 2.23 bits per heavy atom. The second-order valence-electron chi connectivity index (χ2n) is 7.88. The quantitative estimate of drug-likeness (QED) is 0.157. The van der Waals surface area contributed by atoms with Crippen LogP contribution in [0.25, 0.3) is 0 Å².